The number of hydrogen-bond donors (Lipinski definition) is 0. The fraction of sp³-hybridized carbons (Fsp3) is 0.909. The predicted octanol–water partition coefficient (Wildman–Crippen LogP) is 1.67. The highest BCUT2D eigenvalue weighted by molar-refractivity contribution is 5.80. The van der Waals surface area contributed by atoms with Crippen molar-refractivity contribution in [3.63, 3.8) is 0 Å². The molecule has 0 aromatic carbocycles. The molecule has 3 heteroatoms. The maximum atomic E-state index is 11.8. The molecular formula is C11H21NO2. The SMILES string of the molecule is CC(C)CO[C@H](C)C(=O)N1CCCC1. The van der Waals surface area contributed by atoms with E-state index in [1.165, 1.54) is 0 Å². The van der Waals surface area contributed by atoms with Crippen LogP contribution in [-0.2, 0) is 9.53 Å². The van der Waals surface area contributed by atoms with Gasteiger partial charge in [-0.1, -0.05) is 13.8 Å². The summed E-state index contributed by atoms with van der Waals surface area (Å²) in [5.74, 6) is 0.645. The van der Waals surface area contributed by atoms with Crippen molar-refractivity contribution in [2.24, 2.45) is 5.92 Å². The van der Waals surface area contributed by atoms with Crippen LogP contribution in [0.5, 0.6) is 0 Å². The topological polar surface area (TPSA) is 29.5 Å². The first kappa shape index (κ1) is 11.5. The zero-order valence-electron chi connectivity index (χ0n) is 9.45. The van der Waals surface area contributed by atoms with Crippen LogP contribution in [0.2, 0.25) is 0 Å². The van der Waals surface area contributed by atoms with Gasteiger partial charge in [0.1, 0.15) is 6.10 Å². The monoisotopic (exact) mass is 199 g/mol. The summed E-state index contributed by atoms with van der Waals surface area (Å²) in [6, 6.07) is 0. The molecule has 0 aromatic heterocycles. The molecule has 0 bridgehead atoms. The second kappa shape index (κ2) is 5.35. The zero-order chi connectivity index (χ0) is 10.6. The Balaban J connectivity index is 2.28. The van der Waals surface area contributed by atoms with Gasteiger partial charge in [-0.25, -0.2) is 0 Å². The van der Waals surface area contributed by atoms with Gasteiger partial charge in [-0.3, -0.25) is 4.79 Å². The molecule has 0 aromatic rings. The van der Waals surface area contributed by atoms with Gasteiger partial charge in [0.15, 0.2) is 0 Å². The molecule has 0 N–H and O–H groups in total. The standard InChI is InChI=1S/C11H21NO2/c1-9(2)8-14-10(3)11(13)12-6-4-5-7-12/h9-10H,4-8H2,1-3H3/t10-/m1/s1. The first-order valence-electron chi connectivity index (χ1n) is 5.51. The van der Waals surface area contributed by atoms with E-state index in [2.05, 4.69) is 13.8 Å². The van der Waals surface area contributed by atoms with Gasteiger partial charge >= 0.3 is 0 Å². The molecule has 1 aliphatic rings. The van der Waals surface area contributed by atoms with E-state index in [4.69, 9.17) is 4.74 Å². The van der Waals surface area contributed by atoms with Crippen molar-refractivity contribution in [1.29, 1.82) is 0 Å². The van der Waals surface area contributed by atoms with Crippen molar-refractivity contribution in [2.75, 3.05) is 19.7 Å². The van der Waals surface area contributed by atoms with E-state index in [0.717, 1.165) is 25.9 Å². The third kappa shape index (κ3) is 3.29. The van der Waals surface area contributed by atoms with Gasteiger partial charge in [0, 0.05) is 19.7 Å². The van der Waals surface area contributed by atoms with Gasteiger partial charge < -0.3 is 9.64 Å². The molecule has 0 unspecified atom stereocenters. The molecule has 1 amide bonds. The number of hydrogen-bond acceptors (Lipinski definition) is 2. The van der Waals surface area contributed by atoms with Crippen LogP contribution >= 0.6 is 0 Å². The summed E-state index contributed by atoms with van der Waals surface area (Å²) < 4.78 is 5.49. The second-order valence-electron chi connectivity index (χ2n) is 4.40. The Hall–Kier alpha value is -0.570. The molecule has 1 fully saturated rings. The summed E-state index contributed by atoms with van der Waals surface area (Å²) in [5.41, 5.74) is 0. The highest BCUT2D eigenvalue weighted by Crippen LogP contribution is 2.10. The third-order valence-electron chi connectivity index (χ3n) is 2.45. The van der Waals surface area contributed by atoms with Crippen LogP contribution < -0.4 is 0 Å². The summed E-state index contributed by atoms with van der Waals surface area (Å²) >= 11 is 0. The Morgan fingerprint density at radius 2 is 1.86 bits per heavy atom. The highest BCUT2D eigenvalue weighted by Gasteiger charge is 2.23. The zero-order valence-corrected chi connectivity index (χ0v) is 9.45. The minimum absolute atomic E-state index is 0.156. The number of likely N-dealkylation sites (tertiary alicyclic amines) is 1. The van der Waals surface area contributed by atoms with Crippen LogP contribution in [0.15, 0.2) is 0 Å². The quantitative estimate of drug-likeness (QED) is 0.689. The Labute approximate surface area is 86.4 Å². The molecule has 14 heavy (non-hydrogen) atoms. The Kier molecular flexibility index (Phi) is 4.39. The molecule has 0 radical (unpaired) electrons. The van der Waals surface area contributed by atoms with Crippen molar-refractivity contribution in [3.8, 4) is 0 Å². The molecule has 1 aliphatic heterocycles. The van der Waals surface area contributed by atoms with E-state index in [1.807, 2.05) is 11.8 Å². The summed E-state index contributed by atoms with van der Waals surface area (Å²) in [6.07, 6.45) is 2.01. The largest absolute Gasteiger partial charge is 0.368 e. The smallest absolute Gasteiger partial charge is 0.251 e. The number of carbonyl (C=O) groups is 1. The van der Waals surface area contributed by atoms with E-state index in [-0.39, 0.29) is 12.0 Å². The lowest BCUT2D eigenvalue weighted by molar-refractivity contribution is -0.142. The van der Waals surface area contributed by atoms with Crippen molar-refractivity contribution in [3.05, 3.63) is 0 Å². The third-order valence-corrected chi connectivity index (χ3v) is 2.45. The number of nitrogens with zero attached hydrogens (tertiary/aromatic N) is 1. The fourth-order valence-corrected chi connectivity index (χ4v) is 1.60. The van der Waals surface area contributed by atoms with E-state index in [0.29, 0.717) is 12.5 Å². The summed E-state index contributed by atoms with van der Waals surface area (Å²) in [7, 11) is 0. The lowest BCUT2D eigenvalue weighted by Gasteiger charge is -2.21. The maximum absolute atomic E-state index is 11.8. The molecule has 1 saturated heterocycles. The van der Waals surface area contributed by atoms with Crippen LogP contribution in [0.3, 0.4) is 0 Å². The maximum Gasteiger partial charge on any atom is 0.251 e. The molecule has 1 heterocycles. The lowest BCUT2D eigenvalue weighted by Crippen LogP contribution is -2.37. The predicted molar refractivity (Wildman–Crippen MR) is 56.1 cm³/mol. The molecule has 1 rings (SSSR count). The van der Waals surface area contributed by atoms with Gasteiger partial charge in [0.25, 0.3) is 5.91 Å². The Bertz CT molecular complexity index is 186. The molecule has 3 nitrogen and oxygen atoms in total. The second-order valence-corrected chi connectivity index (χ2v) is 4.40. The van der Waals surface area contributed by atoms with Crippen molar-refractivity contribution >= 4 is 5.91 Å². The van der Waals surface area contributed by atoms with Crippen LogP contribution in [0, 0.1) is 5.92 Å². The first-order chi connectivity index (χ1) is 6.61. The molecule has 0 spiro atoms. The Morgan fingerprint density at radius 3 is 2.36 bits per heavy atom. The fourth-order valence-electron chi connectivity index (χ4n) is 1.60. The minimum Gasteiger partial charge on any atom is -0.368 e. The Morgan fingerprint density at radius 1 is 1.29 bits per heavy atom. The van der Waals surface area contributed by atoms with Crippen LogP contribution in [-0.4, -0.2) is 36.6 Å². The van der Waals surface area contributed by atoms with Gasteiger partial charge in [0.2, 0.25) is 0 Å². The van der Waals surface area contributed by atoms with Crippen molar-refractivity contribution in [1.82, 2.24) is 4.90 Å². The number of ether oxygens (including phenoxy) is 1. The number of amides is 1. The van der Waals surface area contributed by atoms with Gasteiger partial charge in [-0.05, 0) is 25.7 Å². The average molecular weight is 199 g/mol. The normalized spacial score (nSPS) is 19.0. The van der Waals surface area contributed by atoms with Crippen LogP contribution in [0.4, 0.5) is 0 Å². The minimum atomic E-state index is -0.268. The summed E-state index contributed by atoms with van der Waals surface area (Å²) in [5, 5.41) is 0. The lowest BCUT2D eigenvalue weighted by atomic mass is 10.2. The van der Waals surface area contributed by atoms with Crippen LogP contribution in [0.25, 0.3) is 0 Å². The van der Waals surface area contributed by atoms with Crippen molar-refractivity contribution in [2.45, 2.75) is 39.7 Å². The molecule has 1 atom stereocenters. The van der Waals surface area contributed by atoms with Gasteiger partial charge in [-0.2, -0.15) is 0 Å². The summed E-state index contributed by atoms with van der Waals surface area (Å²) in [6.45, 7) is 8.52. The van der Waals surface area contributed by atoms with Crippen LogP contribution in [0.1, 0.15) is 33.6 Å². The van der Waals surface area contributed by atoms with E-state index < -0.39 is 0 Å². The summed E-state index contributed by atoms with van der Waals surface area (Å²) in [4.78, 5) is 13.7. The van der Waals surface area contributed by atoms with E-state index in [9.17, 15) is 4.79 Å². The van der Waals surface area contributed by atoms with Crippen molar-refractivity contribution < 1.29 is 9.53 Å². The number of rotatable bonds is 4. The first-order valence-corrected chi connectivity index (χ1v) is 5.51. The van der Waals surface area contributed by atoms with Gasteiger partial charge in [0.05, 0.1) is 0 Å². The molecular weight excluding hydrogens is 178 g/mol. The molecule has 0 aliphatic carbocycles. The van der Waals surface area contributed by atoms with Gasteiger partial charge in [-0.15, -0.1) is 0 Å². The molecule has 82 valence electrons. The average Bonchev–Trinajstić information content (AvgIpc) is 2.65. The highest BCUT2D eigenvalue weighted by atomic mass is 16.5. The van der Waals surface area contributed by atoms with E-state index >= 15 is 0 Å². The molecule has 0 saturated carbocycles. The van der Waals surface area contributed by atoms with E-state index in [1.54, 1.807) is 0 Å². The number of carbonyl (C=O) groups excluding carboxylic acids is 1.